The SMILES string of the molecule is CN(CC1CCN(c2ccnc(C3CC3)n2)CC1)C(=O)C1CCC1. The number of carbonyl (C=O) groups is 1. The minimum absolute atomic E-state index is 0.317. The molecule has 0 bridgehead atoms. The molecular formula is C19H28N4O. The molecule has 1 aromatic rings. The maximum atomic E-state index is 12.3. The number of aromatic nitrogens is 2. The molecule has 2 saturated carbocycles. The van der Waals surface area contributed by atoms with Gasteiger partial charge in [0.1, 0.15) is 11.6 Å². The Morgan fingerprint density at radius 1 is 1.21 bits per heavy atom. The van der Waals surface area contributed by atoms with Crippen LogP contribution in [0.2, 0.25) is 0 Å². The summed E-state index contributed by atoms with van der Waals surface area (Å²) in [6.07, 6.45) is 10.1. The van der Waals surface area contributed by atoms with Gasteiger partial charge in [-0.3, -0.25) is 4.79 Å². The summed E-state index contributed by atoms with van der Waals surface area (Å²) in [7, 11) is 1.99. The fourth-order valence-electron chi connectivity index (χ4n) is 3.87. The first-order valence-electron chi connectivity index (χ1n) is 9.53. The summed E-state index contributed by atoms with van der Waals surface area (Å²) in [6.45, 7) is 2.99. The predicted octanol–water partition coefficient (Wildman–Crippen LogP) is 2.83. The molecule has 5 heteroatoms. The molecule has 1 amide bonds. The van der Waals surface area contributed by atoms with Crippen molar-refractivity contribution in [1.82, 2.24) is 14.9 Å². The number of hydrogen-bond donors (Lipinski definition) is 0. The number of carbonyl (C=O) groups excluding carboxylic acids is 1. The maximum absolute atomic E-state index is 12.3. The van der Waals surface area contributed by atoms with Crippen LogP contribution in [-0.4, -0.2) is 47.5 Å². The summed E-state index contributed by atoms with van der Waals surface area (Å²) in [6, 6.07) is 2.04. The number of anilines is 1. The van der Waals surface area contributed by atoms with E-state index in [-0.39, 0.29) is 0 Å². The number of hydrogen-bond acceptors (Lipinski definition) is 4. The van der Waals surface area contributed by atoms with E-state index in [9.17, 15) is 4.79 Å². The van der Waals surface area contributed by atoms with E-state index in [0.717, 1.165) is 57.0 Å². The highest BCUT2D eigenvalue weighted by Gasteiger charge is 2.30. The molecule has 24 heavy (non-hydrogen) atoms. The molecule has 130 valence electrons. The van der Waals surface area contributed by atoms with E-state index in [4.69, 9.17) is 4.98 Å². The molecule has 0 N–H and O–H groups in total. The van der Waals surface area contributed by atoms with Crippen molar-refractivity contribution in [1.29, 1.82) is 0 Å². The van der Waals surface area contributed by atoms with Gasteiger partial charge in [0.15, 0.2) is 0 Å². The van der Waals surface area contributed by atoms with Crippen LogP contribution in [0.5, 0.6) is 0 Å². The predicted molar refractivity (Wildman–Crippen MR) is 93.9 cm³/mol. The van der Waals surface area contributed by atoms with E-state index in [1.54, 1.807) is 0 Å². The fourth-order valence-corrected chi connectivity index (χ4v) is 3.87. The average Bonchev–Trinajstić information content (AvgIpc) is 3.39. The molecule has 0 radical (unpaired) electrons. The van der Waals surface area contributed by atoms with E-state index in [2.05, 4.69) is 9.88 Å². The monoisotopic (exact) mass is 328 g/mol. The van der Waals surface area contributed by atoms with Crippen molar-refractivity contribution >= 4 is 11.7 Å². The van der Waals surface area contributed by atoms with Gasteiger partial charge in [-0.1, -0.05) is 6.42 Å². The molecule has 5 nitrogen and oxygen atoms in total. The van der Waals surface area contributed by atoms with Gasteiger partial charge in [-0.05, 0) is 50.5 Å². The van der Waals surface area contributed by atoms with Gasteiger partial charge in [0, 0.05) is 44.7 Å². The fraction of sp³-hybridized carbons (Fsp3) is 0.737. The van der Waals surface area contributed by atoms with E-state index >= 15 is 0 Å². The van der Waals surface area contributed by atoms with E-state index in [1.807, 2.05) is 24.2 Å². The van der Waals surface area contributed by atoms with Crippen LogP contribution >= 0.6 is 0 Å². The van der Waals surface area contributed by atoms with Crippen molar-refractivity contribution in [2.24, 2.45) is 11.8 Å². The summed E-state index contributed by atoms with van der Waals surface area (Å²) in [4.78, 5) is 25.8. The molecule has 0 atom stereocenters. The van der Waals surface area contributed by atoms with Gasteiger partial charge in [0.2, 0.25) is 5.91 Å². The highest BCUT2D eigenvalue weighted by Crippen LogP contribution is 2.38. The molecule has 1 aromatic heterocycles. The highest BCUT2D eigenvalue weighted by molar-refractivity contribution is 5.79. The van der Waals surface area contributed by atoms with E-state index in [1.165, 1.54) is 19.3 Å². The van der Waals surface area contributed by atoms with Crippen molar-refractivity contribution in [3.05, 3.63) is 18.1 Å². The van der Waals surface area contributed by atoms with Crippen molar-refractivity contribution < 1.29 is 4.79 Å². The standard InChI is InChI=1S/C19H28N4O/c1-22(19(24)16-3-2-4-16)13-14-8-11-23(12-9-14)17-7-10-20-18(21-17)15-5-6-15/h7,10,14-16H,2-6,8-9,11-13H2,1H3. The van der Waals surface area contributed by atoms with Crippen LogP contribution in [0, 0.1) is 11.8 Å². The van der Waals surface area contributed by atoms with Crippen LogP contribution < -0.4 is 4.90 Å². The molecular weight excluding hydrogens is 300 g/mol. The molecule has 1 aliphatic heterocycles. The lowest BCUT2D eigenvalue weighted by atomic mass is 9.84. The van der Waals surface area contributed by atoms with E-state index < -0.39 is 0 Å². The van der Waals surface area contributed by atoms with Crippen molar-refractivity contribution in [3.63, 3.8) is 0 Å². The first-order chi connectivity index (χ1) is 11.7. The Hall–Kier alpha value is -1.65. The smallest absolute Gasteiger partial charge is 0.225 e. The van der Waals surface area contributed by atoms with Gasteiger partial charge in [-0.2, -0.15) is 0 Å². The largest absolute Gasteiger partial charge is 0.356 e. The van der Waals surface area contributed by atoms with Gasteiger partial charge in [-0.25, -0.2) is 9.97 Å². The highest BCUT2D eigenvalue weighted by atomic mass is 16.2. The summed E-state index contributed by atoms with van der Waals surface area (Å²) < 4.78 is 0. The number of rotatable bonds is 5. The van der Waals surface area contributed by atoms with Crippen molar-refractivity contribution in [2.75, 3.05) is 31.6 Å². The molecule has 0 aromatic carbocycles. The van der Waals surface area contributed by atoms with Gasteiger partial charge >= 0.3 is 0 Å². The first kappa shape index (κ1) is 15.9. The van der Waals surface area contributed by atoms with Crippen LogP contribution in [0.4, 0.5) is 5.82 Å². The van der Waals surface area contributed by atoms with Crippen LogP contribution in [-0.2, 0) is 4.79 Å². The van der Waals surface area contributed by atoms with Crippen LogP contribution in [0.25, 0.3) is 0 Å². The van der Waals surface area contributed by atoms with Crippen LogP contribution in [0.1, 0.15) is 56.7 Å². The second kappa shape index (κ2) is 6.69. The lowest BCUT2D eigenvalue weighted by molar-refractivity contribution is -0.137. The lowest BCUT2D eigenvalue weighted by Gasteiger charge is -2.36. The number of amides is 1. The Morgan fingerprint density at radius 3 is 2.58 bits per heavy atom. The van der Waals surface area contributed by atoms with Crippen LogP contribution in [0.3, 0.4) is 0 Å². The van der Waals surface area contributed by atoms with E-state index in [0.29, 0.717) is 23.7 Å². The normalized spacial score (nSPS) is 22.3. The summed E-state index contributed by atoms with van der Waals surface area (Å²) in [5, 5.41) is 0. The summed E-state index contributed by atoms with van der Waals surface area (Å²) in [5.74, 6) is 4.03. The average molecular weight is 328 g/mol. The zero-order chi connectivity index (χ0) is 16.5. The van der Waals surface area contributed by atoms with Crippen molar-refractivity contribution in [2.45, 2.75) is 50.9 Å². The zero-order valence-electron chi connectivity index (χ0n) is 14.7. The third-order valence-electron chi connectivity index (χ3n) is 5.90. The molecule has 3 aliphatic rings. The Bertz CT molecular complexity index is 589. The molecule has 2 heterocycles. The number of piperidine rings is 1. The van der Waals surface area contributed by atoms with Gasteiger partial charge in [-0.15, -0.1) is 0 Å². The minimum Gasteiger partial charge on any atom is -0.356 e. The Balaban J connectivity index is 1.28. The Morgan fingerprint density at radius 2 is 1.96 bits per heavy atom. The zero-order valence-corrected chi connectivity index (χ0v) is 14.7. The summed E-state index contributed by atoms with van der Waals surface area (Å²) >= 11 is 0. The minimum atomic E-state index is 0.317. The van der Waals surface area contributed by atoms with Crippen molar-refractivity contribution in [3.8, 4) is 0 Å². The maximum Gasteiger partial charge on any atom is 0.225 e. The molecule has 0 unspecified atom stereocenters. The number of nitrogens with zero attached hydrogens (tertiary/aromatic N) is 4. The van der Waals surface area contributed by atoms with Gasteiger partial charge in [0.05, 0.1) is 0 Å². The molecule has 3 fully saturated rings. The van der Waals surface area contributed by atoms with Gasteiger partial charge in [0.25, 0.3) is 0 Å². The van der Waals surface area contributed by atoms with Crippen LogP contribution in [0.15, 0.2) is 12.3 Å². The first-order valence-corrected chi connectivity index (χ1v) is 9.53. The Kier molecular flexibility index (Phi) is 4.42. The second-order valence-corrected chi connectivity index (χ2v) is 7.82. The molecule has 0 spiro atoms. The lowest BCUT2D eigenvalue weighted by Crippen LogP contribution is -2.42. The third-order valence-corrected chi connectivity index (χ3v) is 5.90. The Labute approximate surface area is 144 Å². The second-order valence-electron chi connectivity index (χ2n) is 7.82. The molecule has 1 saturated heterocycles. The molecule has 2 aliphatic carbocycles. The van der Waals surface area contributed by atoms with Gasteiger partial charge < -0.3 is 9.80 Å². The topological polar surface area (TPSA) is 49.3 Å². The quantitative estimate of drug-likeness (QED) is 0.834. The molecule has 4 rings (SSSR count). The summed E-state index contributed by atoms with van der Waals surface area (Å²) in [5.41, 5.74) is 0. The third kappa shape index (κ3) is 3.40.